The van der Waals surface area contributed by atoms with Crippen LogP contribution in [0.25, 0.3) is 0 Å². The summed E-state index contributed by atoms with van der Waals surface area (Å²) in [5, 5.41) is 14.1. The molecule has 118 valence electrons. The quantitative estimate of drug-likeness (QED) is 0.846. The number of hydrogen-bond donors (Lipinski definition) is 2. The molecule has 1 unspecified atom stereocenters. The number of thioether (sulfide) groups is 1. The third kappa shape index (κ3) is 5.28. The second kappa shape index (κ2) is 7.61. The van der Waals surface area contributed by atoms with Crippen LogP contribution in [0.3, 0.4) is 0 Å². The molecule has 1 aromatic rings. The van der Waals surface area contributed by atoms with Gasteiger partial charge in [0.05, 0.1) is 5.60 Å². The van der Waals surface area contributed by atoms with Crippen LogP contribution in [0.2, 0.25) is 0 Å². The first kappa shape index (κ1) is 16.8. The maximum Gasteiger partial charge on any atom is 0.123 e. The van der Waals surface area contributed by atoms with Crippen molar-refractivity contribution in [2.24, 2.45) is 5.92 Å². The summed E-state index contributed by atoms with van der Waals surface area (Å²) < 4.78 is 13.0. The van der Waals surface area contributed by atoms with Crippen LogP contribution >= 0.6 is 11.8 Å². The van der Waals surface area contributed by atoms with Gasteiger partial charge in [-0.3, -0.25) is 0 Å². The van der Waals surface area contributed by atoms with Gasteiger partial charge in [0.15, 0.2) is 0 Å². The van der Waals surface area contributed by atoms with Crippen molar-refractivity contribution in [2.45, 2.75) is 44.8 Å². The minimum Gasteiger partial charge on any atom is -0.389 e. The highest BCUT2D eigenvalue weighted by Gasteiger charge is 2.30. The molecule has 0 aromatic heterocycles. The molecular formula is C17H26FNOS. The number of rotatable bonds is 6. The highest BCUT2D eigenvalue weighted by atomic mass is 32.2. The summed E-state index contributed by atoms with van der Waals surface area (Å²) in [6.07, 6.45) is 2.60. The summed E-state index contributed by atoms with van der Waals surface area (Å²) in [6.45, 7) is 5.02. The Labute approximate surface area is 131 Å². The minimum atomic E-state index is -0.554. The molecule has 2 N–H and O–H groups in total. The lowest BCUT2D eigenvalue weighted by molar-refractivity contribution is 0.0281. The topological polar surface area (TPSA) is 32.3 Å². The predicted molar refractivity (Wildman–Crippen MR) is 88.2 cm³/mol. The predicted octanol–water partition coefficient (Wildman–Crippen LogP) is 3.24. The third-order valence-corrected chi connectivity index (χ3v) is 5.28. The summed E-state index contributed by atoms with van der Waals surface area (Å²) >= 11 is 1.92. The van der Waals surface area contributed by atoms with Gasteiger partial charge >= 0.3 is 0 Å². The zero-order valence-corrected chi connectivity index (χ0v) is 13.8. The fourth-order valence-electron chi connectivity index (χ4n) is 2.67. The van der Waals surface area contributed by atoms with E-state index in [0.29, 0.717) is 18.5 Å². The zero-order valence-electron chi connectivity index (χ0n) is 12.9. The maximum absolute atomic E-state index is 13.0. The molecule has 0 saturated carbocycles. The Morgan fingerprint density at radius 3 is 2.43 bits per heavy atom. The smallest absolute Gasteiger partial charge is 0.123 e. The molecule has 2 rings (SSSR count). The van der Waals surface area contributed by atoms with E-state index in [1.54, 1.807) is 0 Å². The highest BCUT2D eigenvalue weighted by molar-refractivity contribution is 7.99. The Morgan fingerprint density at radius 2 is 1.86 bits per heavy atom. The standard InChI is InChI=1S/C17H26FNOS/c1-13(2)16(11-14-3-5-15(18)6-4-14)19-12-17(20)7-9-21-10-8-17/h3-6,13,16,19-20H,7-12H2,1-2H3. The average Bonchev–Trinajstić information content (AvgIpc) is 2.46. The van der Waals surface area contributed by atoms with Gasteiger partial charge in [-0.2, -0.15) is 11.8 Å². The lowest BCUT2D eigenvalue weighted by atomic mass is 9.93. The lowest BCUT2D eigenvalue weighted by Crippen LogP contribution is -2.48. The molecule has 0 radical (unpaired) electrons. The molecule has 1 heterocycles. The van der Waals surface area contributed by atoms with Crippen molar-refractivity contribution in [3.8, 4) is 0 Å². The van der Waals surface area contributed by atoms with E-state index in [1.807, 2.05) is 23.9 Å². The molecule has 1 aliphatic rings. The van der Waals surface area contributed by atoms with Gasteiger partial charge in [-0.1, -0.05) is 26.0 Å². The Balaban J connectivity index is 1.91. The zero-order chi connectivity index (χ0) is 15.3. The van der Waals surface area contributed by atoms with Gasteiger partial charge < -0.3 is 10.4 Å². The maximum atomic E-state index is 13.0. The number of halogens is 1. The van der Waals surface area contributed by atoms with Crippen LogP contribution in [0.1, 0.15) is 32.3 Å². The minimum absolute atomic E-state index is 0.193. The van der Waals surface area contributed by atoms with Crippen molar-refractivity contribution in [1.82, 2.24) is 5.32 Å². The molecule has 0 aliphatic carbocycles. The van der Waals surface area contributed by atoms with Gasteiger partial charge in [0, 0.05) is 12.6 Å². The second-order valence-electron chi connectivity index (χ2n) is 6.40. The summed E-state index contributed by atoms with van der Waals surface area (Å²) in [6, 6.07) is 7.02. The second-order valence-corrected chi connectivity index (χ2v) is 7.62. The van der Waals surface area contributed by atoms with Gasteiger partial charge in [-0.05, 0) is 54.4 Å². The number of hydrogen-bond acceptors (Lipinski definition) is 3. The van der Waals surface area contributed by atoms with E-state index >= 15 is 0 Å². The van der Waals surface area contributed by atoms with Crippen LogP contribution in [0, 0.1) is 11.7 Å². The van der Waals surface area contributed by atoms with Crippen molar-refractivity contribution in [3.05, 3.63) is 35.6 Å². The third-order valence-electron chi connectivity index (χ3n) is 4.29. The van der Waals surface area contributed by atoms with Crippen LogP contribution in [-0.2, 0) is 6.42 Å². The monoisotopic (exact) mass is 311 g/mol. The molecule has 2 nitrogen and oxygen atoms in total. The van der Waals surface area contributed by atoms with E-state index < -0.39 is 5.60 Å². The van der Waals surface area contributed by atoms with Crippen molar-refractivity contribution in [1.29, 1.82) is 0 Å². The Hall–Kier alpha value is -0.580. The van der Waals surface area contributed by atoms with Crippen LogP contribution in [0.5, 0.6) is 0 Å². The molecule has 1 aliphatic heterocycles. The first-order valence-electron chi connectivity index (χ1n) is 7.76. The molecule has 1 fully saturated rings. The van der Waals surface area contributed by atoms with Crippen molar-refractivity contribution >= 4 is 11.8 Å². The molecule has 1 aromatic carbocycles. The first-order valence-corrected chi connectivity index (χ1v) is 8.92. The summed E-state index contributed by atoms with van der Waals surface area (Å²) in [5.41, 5.74) is 0.579. The van der Waals surface area contributed by atoms with E-state index in [4.69, 9.17) is 0 Å². The van der Waals surface area contributed by atoms with E-state index in [2.05, 4.69) is 19.2 Å². The summed E-state index contributed by atoms with van der Waals surface area (Å²) in [5.74, 6) is 2.36. The molecule has 0 amide bonds. The molecular weight excluding hydrogens is 285 g/mol. The molecule has 1 saturated heterocycles. The molecule has 0 bridgehead atoms. The molecule has 0 spiro atoms. The Kier molecular flexibility index (Phi) is 6.08. The van der Waals surface area contributed by atoms with E-state index in [1.165, 1.54) is 12.1 Å². The van der Waals surface area contributed by atoms with E-state index in [-0.39, 0.29) is 5.82 Å². The summed E-state index contributed by atoms with van der Waals surface area (Å²) in [7, 11) is 0. The van der Waals surface area contributed by atoms with E-state index in [0.717, 1.165) is 36.3 Å². The molecule has 1 atom stereocenters. The van der Waals surface area contributed by atoms with E-state index in [9.17, 15) is 9.50 Å². The van der Waals surface area contributed by atoms with Gasteiger partial charge in [-0.25, -0.2) is 4.39 Å². The first-order chi connectivity index (χ1) is 9.98. The number of nitrogens with one attached hydrogen (secondary N) is 1. The lowest BCUT2D eigenvalue weighted by Gasteiger charge is -2.34. The molecule has 4 heteroatoms. The molecule has 21 heavy (non-hydrogen) atoms. The van der Waals surface area contributed by atoms with Gasteiger partial charge in [0.25, 0.3) is 0 Å². The number of benzene rings is 1. The van der Waals surface area contributed by atoms with Crippen LogP contribution in [0.4, 0.5) is 4.39 Å². The van der Waals surface area contributed by atoms with Crippen LogP contribution in [0.15, 0.2) is 24.3 Å². The van der Waals surface area contributed by atoms with Crippen molar-refractivity contribution in [3.63, 3.8) is 0 Å². The SMILES string of the molecule is CC(C)C(Cc1ccc(F)cc1)NCC1(O)CCSCC1. The summed E-state index contributed by atoms with van der Waals surface area (Å²) in [4.78, 5) is 0. The highest BCUT2D eigenvalue weighted by Crippen LogP contribution is 2.26. The van der Waals surface area contributed by atoms with Crippen molar-refractivity contribution in [2.75, 3.05) is 18.1 Å². The Morgan fingerprint density at radius 1 is 1.24 bits per heavy atom. The van der Waals surface area contributed by atoms with Gasteiger partial charge in [0.1, 0.15) is 5.82 Å². The fourth-order valence-corrected chi connectivity index (χ4v) is 3.92. The normalized spacial score (nSPS) is 19.7. The average molecular weight is 311 g/mol. The largest absolute Gasteiger partial charge is 0.389 e. The van der Waals surface area contributed by atoms with Crippen LogP contribution < -0.4 is 5.32 Å². The Bertz CT molecular complexity index is 429. The van der Waals surface area contributed by atoms with Crippen molar-refractivity contribution < 1.29 is 9.50 Å². The van der Waals surface area contributed by atoms with Gasteiger partial charge in [0.2, 0.25) is 0 Å². The van der Waals surface area contributed by atoms with Crippen LogP contribution in [-0.4, -0.2) is 34.8 Å². The van der Waals surface area contributed by atoms with Gasteiger partial charge in [-0.15, -0.1) is 0 Å². The number of aliphatic hydroxyl groups is 1. The fraction of sp³-hybridized carbons (Fsp3) is 0.647.